The van der Waals surface area contributed by atoms with Crippen LogP contribution in [0.1, 0.15) is 30.1 Å². The van der Waals surface area contributed by atoms with E-state index in [1.54, 1.807) is 4.90 Å². The number of nitrogens with zero attached hydrogens (tertiary/aromatic N) is 1. The molecule has 19 heavy (non-hydrogen) atoms. The fraction of sp³-hybridized carbons (Fsp3) is 0.429. The van der Waals surface area contributed by atoms with Gasteiger partial charge in [-0.1, -0.05) is 18.5 Å². The quantitative estimate of drug-likeness (QED) is 0.906. The highest BCUT2D eigenvalue weighted by atomic mass is 35.5. The Balaban J connectivity index is 2.20. The second-order valence-electron chi connectivity index (χ2n) is 4.74. The highest BCUT2D eigenvalue weighted by molar-refractivity contribution is 6.33. The number of carbonyl (C=O) groups excluding carboxylic acids is 2. The van der Waals surface area contributed by atoms with Gasteiger partial charge in [-0.3, -0.25) is 9.59 Å². The molecule has 0 saturated carbocycles. The van der Waals surface area contributed by atoms with Crippen molar-refractivity contribution in [2.24, 2.45) is 5.92 Å². The lowest BCUT2D eigenvalue weighted by molar-refractivity contribution is -0.125. The first kappa shape index (κ1) is 13.9. The molecule has 4 nitrogen and oxygen atoms in total. The van der Waals surface area contributed by atoms with Crippen molar-refractivity contribution in [3.63, 3.8) is 0 Å². The zero-order chi connectivity index (χ0) is 14.0. The number of ketones is 1. The number of amides is 1. The highest BCUT2D eigenvalue weighted by Crippen LogP contribution is 2.25. The Bertz CT molecular complexity index is 515. The number of rotatable bonds is 2. The number of phenolic OH excluding ortho intramolecular Hbond substituents is 1. The molecule has 5 heteroatoms. The standard InChI is InChI=1S/C14H16ClNO3/c1-2-9-8-16(6-5-13(9)18)14(19)11-7-10(17)3-4-12(11)15/h3-4,7,9,17H,2,5-6,8H2,1H3. The lowest BCUT2D eigenvalue weighted by Gasteiger charge is -2.31. The van der Waals surface area contributed by atoms with Gasteiger partial charge in [0.1, 0.15) is 11.5 Å². The Hall–Kier alpha value is -1.55. The minimum Gasteiger partial charge on any atom is -0.508 e. The molecule has 0 aliphatic carbocycles. The molecule has 1 saturated heterocycles. The van der Waals surface area contributed by atoms with Crippen molar-refractivity contribution in [2.75, 3.05) is 13.1 Å². The fourth-order valence-electron chi connectivity index (χ4n) is 2.30. The van der Waals surface area contributed by atoms with Crippen LogP contribution < -0.4 is 0 Å². The van der Waals surface area contributed by atoms with Gasteiger partial charge in [0.25, 0.3) is 5.91 Å². The van der Waals surface area contributed by atoms with Crippen LogP contribution >= 0.6 is 11.6 Å². The van der Waals surface area contributed by atoms with Crippen molar-refractivity contribution >= 4 is 23.3 Å². The van der Waals surface area contributed by atoms with Gasteiger partial charge in [-0.05, 0) is 24.6 Å². The average Bonchev–Trinajstić information content (AvgIpc) is 2.41. The lowest BCUT2D eigenvalue weighted by atomic mass is 9.93. The van der Waals surface area contributed by atoms with E-state index in [9.17, 15) is 14.7 Å². The van der Waals surface area contributed by atoms with Crippen LogP contribution in [0.15, 0.2) is 18.2 Å². The summed E-state index contributed by atoms with van der Waals surface area (Å²) in [7, 11) is 0. The number of likely N-dealkylation sites (tertiary alicyclic amines) is 1. The molecular weight excluding hydrogens is 266 g/mol. The number of phenols is 1. The number of halogens is 1. The number of carbonyl (C=O) groups is 2. The fourth-order valence-corrected chi connectivity index (χ4v) is 2.50. The van der Waals surface area contributed by atoms with Crippen LogP contribution in [0.3, 0.4) is 0 Å². The topological polar surface area (TPSA) is 57.6 Å². The predicted octanol–water partition coefficient (Wildman–Crippen LogP) is 2.49. The minimum atomic E-state index is -0.230. The Labute approximate surface area is 117 Å². The van der Waals surface area contributed by atoms with Gasteiger partial charge in [-0.15, -0.1) is 0 Å². The first-order valence-corrected chi connectivity index (χ1v) is 6.71. The molecule has 1 N–H and O–H groups in total. The molecule has 1 fully saturated rings. The van der Waals surface area contributed by atoms with Gasteiger partial charge < -0.3 is 10.0 Å². The van der Waals surface area contributed by atoms with Crippen molar-refractivity contribution in [3.8, 4) is 5.75 Å². The van der Waals surface area contributed by atoms with Crippen LogP contribution in [0.4, 0.5) is 0 Å². The number of hydrogen-bond acceptors (Lipinski definition) is 3. The van der Waals surface area contributed by atoms with Crippen LogP contribution in [-0.2, 0) is 4.79 Å². The third-order valence-electron chi connectivity index (χ3n) is 3.48. The van der Waals surface area contributed by atoms with E-state index in [2.05, 4.69) is 0 Å². The van der Waals surface area contributed by atoms with Gasteiger partial charge in [-0.2, -0.15) is 0 Å². The Morgan fingerprint density at radius 3 is 2.95 bits per heavy atom. The molecule has 1 aliphatic heterocycles. The van der Waals surface area contributed by atoms with Crippen molar-refractivity contribution < 1.29 is 14.7 Å². The van der Waals surface area contributed by atoms with Crippen LogP contribution in [0.5, 0.6) is 5.75 Å². The van der Waals surface area contributed by atoms with Crippen molar-refractivity contribution in [2.45, 2.75) is 19.8 Å². The van der Waals surface area contributed by atoms with Crippen LogP contribution in [0.2, 0.25) is 5.02 Å². The van der Waals surface area contributed by atoms with E-state index in [1.165, 1.54) is 18.2 Å². The number of hydrogen-bond donors (Lipinski definition) is 1. The molecule has 1 heterocycles. The molecule has 1 aliphatic rings. The molecule has 1 unspecified atom stereocenters. The van der Waals surface area contributed by atoms with E-state index < -0.39 is 0 Å². The van der Waals surface area contributed by atoms with Crippen LogP contribution in [0.25, 0.3) is 0 Å². The monoisotopic (exact) mass is 281 g/mol. The molecule has 2 rings (SSSR count). The number of aromatic hydroxyl groups is 1. The Morgan fingerprint density at radius 2 is 2.26 bits per heavy atom. The maximum atomic E-state index is 12.4. The zero-order valence-corrected chi connectivity index (χ0v) is 11.5. The predicted molar refractivity (Wildman–Crippen MR) is 72.4 cm³/mol. The summed E-state index contributed by atoms with van der Waals surface area (Å²) in [6.07, 6.45) is 1.12. The van der Waals surface area contributed by atoms with Gasteiger partial charge in [0.2, 0.25) is 0 Å². The zero-order valence-electron chi connectivity index (χ0n) is 10.7. The third kappa shape index (κ3) is 2.89. The SMILES string of the molecule is CCC1CN(C(=O)c2cc(O)ccc2Cl)CCC1=O. The van der Waals surface area contributed by atoms with Gasteiger partial charge >= 0.3 is 0 Å². The molecule has 1 atom stereocenters. The largest absolute Gasteiger partial charge is 0.508 e. The third-order valence-corrected chi connectivity index (χ3v) is 3.81. The average molecular weight is 282 g/mol. The first-order chi connectivity index (χ1) is 9.02. The summed E-state index contributed by atoms with van der Waals surface area (Å²) in [6, 6.07) is 4.30. The summed E-state index contributed by atoms with van der Waals surface area (Å²) in [5, 5.41) is 9.75. The van der Waals surface area contributed by atoms with Gasteiger partial charge in [0, 0.05) is 25.4 Å². The van der Waals surface area contributed by atoms with Crippen LogP contribution in [0, 0.1) is 5.92 Å². The van der Waals surface area contributed by atoms with E-state index in [0.717, 1.165) is 6.42 Å². The lowest BCUT2D eigenvalue weighted by Crippen LogP contribution is -2.44. The first-order valence-electron chi connectivity index (χ1n) is 6.33. The normalized spacial score (nSPS) is 19.6. The molecular formula is C14H16ClNO3. The second-order valence-corrected chi connectivity index (χ2v) is 5.14. The summed E-state index contributed by atoms with van der Waals surface area (Å²) < 4.78 is 0. The van der Waals surface area contributed by atoms with Crippen LogP contribution in [-0.4, -0.2) is 34.8 Å². The van der Waals surface area contributed by atoms with Crippen molar-refractivity contribution in [3.05, 3.63) is 28.8 Å². The summed E-state index contributed by atoms with van der Waals surface area (Å²) in [5.41, 5.74) is 0.283. The van der Waals surface area contributed by atoms with Gasteiger partial charge in [0.05, 0.1) is 10.6 Å². The second kappa shape index (κ2) is 5.61. The Morgan fingerprint density at radius 1 is 1.53 bits per heavy atom. The number of Topliss-reactive ketones (excluding diaryl/α,β-unsaturated/α-hetero) is 1. The number of piperidine rings is 1. The van der Waals surface area contributed by atoms with E-state index >= 15 is 0 Å². The molecule has 0 radical (unpaired) electrons. The summed E-state index contributed by atoms with van der Waals surface area (Å²) in [6.45, 7) is 2.79. The number of benzene rings is 1. The molecule has 0 bridgehead atoms. The van der Waals surface area contributed by atoms with Gasteiger partial charge in [-0.25, -0.2) is 0 Å². The maximum Gasteiger partial charge on any atom is 0.255 e. The highest BCUT2D eigenvalue weighted by Gasteiger charge is 2.29. The minimum absolute atomic E-state index is 0.00729. The molecule has 1 aromatic rings. The molecule has 1 amide bonds. The van der Waals surface area contributed by atoms with E-state index in [-0.39, 0.29) is 28.9 Å². The summed E-state index contributed by atoms with van der Waals surface area (Å²) in [4.78, 5) is 25.6. The smallest absolute Gasteiger partial charge is 0.255 e. The van der Waals surface area contributed by atoms with Crippen molar-refractivity contribution in [1.82, 2.24) is 4.90 Å². The summed E-state index contributed by atoms with van der Waals surface area (Å²) >= 11 is 5.98. The molecule has 102 valence electrons. The van der Waals surface area contributed by atoms with Crippen molar-refractivity contribution in [1.29, 1.82) is 0 Å². The van der Waals surface area contributed by atoms with Gasteiger partial charge in [0.15, 0.2) is 0 Å². The molecule has 0 spiro atoms. The van der Waals surface area contributed by atoms with E-state index in [1.807, 2.05) is 6.92 Å². The van der Waals surface area contributed by atoms with E-state index in [0.29, 0.717) is 24.5 Å². The molecule has 1 aromatic carbocycles. The summed E-state index contributed by atoms with van der Waals surface area (Å²) in [5.74, 6) is -0.0953. The van der Waals surface area contributed by atoms with E-state index in [4.69, 9.17) is 11.6 Å². The molecule has 0 aromatic heterocycles. The maximum absolute atomic E-state index is 12.4. The Kier molecular flexibility index (Phi) is 4.10.